The third-order valence-electron chi connectivity index (χ3n) is 4.44. The molecule has 0 bridgehead atoms. The number of halogens is 1. The zero-order valence-corrected chi connectivity index (χ0v) is 18.2. The minimum Gasteiger partial charge on any atom is -0.298 e. The summed E-state index contributed by atoms with van der Waals surface area (Å²) in [5, 5.41) is 13.8. The SMILES string of the molecule is CCCCSC1=NN2C(=c3cc(Br)ccc3=NC2c2sccc2C)C(=O)N1. The van der Waals surface area contributed by atoms with Gasteiger partial charge < -0.3 is 0 Å². The number of hydrazone groups is 1. The van der Waals surface area contributed by atoms with Gasteiger partial charge in [0.1, 0.15) is 5.70 Å². The van der Waals surface area contributed by atoms with E-state index in [1.807, 2.05) is 18.2 Å². The number of nitrogens with one attached hydrogen (secondary N) is 1. The molecule has 0 radical (unpaired) electrons. The third kappa shape index (κ3) is 3.58. The molecule has 1 N–H and O–H groups in total. The van der Waals surface area contributed by atoms with Crippen molar-refractivity contribution < 1.29 is 4.79 Å². The second-order valence-corrected chi connectivity index (χ2v) is 9.33. The number of carbonyl (C=O) groups is 1. The van der Waals surface area contributed by atoms with Gasteiger partial charge in [0.15, 0.2) is 11.3 Å². The number of carbonyl (C=O) groups excluding carboxylic acids is 1. The highest BCUT2D eigenvalue weighted by molar-refractivity contribution is 9.10. The Morgan fingerprint density at radius 3 is 2.96 bits per heavy atom. The van der Waals surface area contributed by atoms with Crippen molar-refractivity contribution in [3.05, 3.63) is 55.1 Å². The molecular weight excluding hydrogens is 444 g/mol. The van der Waals surface area contributed by atoms with E-state index in [0.717, 1.165) is 44.1 Å². The quantitative estimate of drug-likeness (QED) is 0.707. The van der Waals surface area contributed by atoms with Gasteiger partial charge in [-0.1, -0.05) is 41.0 Å². The molecule has 27 heavy (non-hydrogen) atoms. The molecule has 4 rings (SSSR count). The highest BCUT2D eigenvalue weighted by atomic mass is 79.9. The summed E-state index contributed by atoms with van der Waals surface area (Å²) >= 11 is 6.74. The van der Waals surface area contributed by atoms with Crippen molar-refractivity contribution in [1.82, 2.24) is 10.3 Å². The number of unbranched alkanes of at least 4 members (excludes halogenated alkanes) is 1. The zero-order chi connectivity index (χ0) is 19.0. The Kier molecular flexibility index (Phi) is 5.39. The summed E-state index contributed by atoms with van der Waals surface area (Å²) in [4.78, 5) is 19.1. The second kappa shape index (κ2) is 7.77. The minimum absolute atomic E-state index is 0.127. The average Bonchev–Trinajstić information content (AvgIpc) is 3.07. The van der Waals surface area contributed by atoms with Gasteiger partial charge in [-0.25, -0.2) is 5.01 Å². The van der Waals surface area contributed by atoms with Gasteiger partial charge in [-0.2, -0.15) is 0 Å². The van der Waals surface area contributed by atoms with E-state index in [0.29, 0.717) is 10.9 Å². The Balaban J connectivity index is 1.87. The van der Waals surface area contributed by atoms with Crippen molar-refractivity contribution in [3.8, 4) is 0 Å². The van der Waals surface area contributed by atoms with Crippen LogP contribution in [0.2, 0.25) is 0 Å². The van der Waals surface area contributed by atoms with Gasteiger partial charge in [0, 0.05) is 15.4 Å². The highest BCUT2D eigenvalue weighted by Crippen LogP contribution is 2.35. The monoisotopic (exact) mass is 462 g/mol. The number of rotatable bonds is 4. The number of fused-ring (bicyclic) bond motifs is 2. The number of hydrogen-bond acceptors (Lipinski definition) is 6. The summed E-state index contributed by atoms with van der Waals surface area (Å²) in [5.74, 6) is 0.804. The Morgan fingerprint density at radius 1 is 1.37 bits per heavy atom. The lowest BCUT2D eigenvalue weighted by Gasteiger charge is -2.33. The van der Waals surface area contributed by atoms with Crippen LogP contribution in [0.1, 0.15) is 36.4 Å². The second-order valence-electron chi connectivity index (χ2n) is 6.39. The molecule has 2 aromatic rings. The standard InChI is InChI=1S/C19H19BrN4OS2/c1-3-4-8-27-19-22-18(25)15-13-10-12(20)5-6-14(13)21-17(24(15)23-19)16-11(2)7-9-26-16/h5-7,9-10,17H,3-4,8H2,1-2H3,(H,22,23,25). The molecule has 0 saturated carbocycles. The Labute approximate surface area is 174 Å². The fourth-order valence-corrected chi connectivity index (χ4v) is 5.29. The van der Waals surface area contributed by atoms with Gasteiger partial charge in [-0.3, -0.25) is 15.1 Å². The summed E-state index contributed by atoms with van der Waals surface area (Å²) in [6.07, 6.45) is 1.88. The first-order chi connectivity index (χ1) is 13.1. The lowest BCUT2D eigenvalue weighted by Crippen LogP contribution is -2.50. The fourth-order valence-electron chi connectivity index (χ4n) is 3.05. The molecule has 2 aliphatic rings. The predicted molar refractivity (Wildman–Crippen MR) is 115 cm³/mol. The van der Waals surface area contributed by atoms with E-state index in [1.54, 1.807) is 28.1 Å². The van der Waals surface area contributed by atoms with E-state index in [4.69, 9.17) is 10.1 Å². The van der Waals surface area contributed by atoms with Gasteiger partial charge in [0.25, 0.3) is 5.91 Å². The van der Waals surface area contributed by atoms with Gasteiger partial charge >= 0.3 is 0 Å². The molecule has 1 aromatic carbocycles. The summed E-state index contributed by atoms with van der Waals surface area (Å²) < 4.78 is 0.912. The number of benzene rings is 1. The van der Waals surface area contributed by atoms with Gasteiger partial charge in [0.2, 0.25) is 0 Å². The molecular formula is C19H19BrN4OS2. The van der Waals surface area contributed by atoms with Crippen LogP contribution in [-0.4, -0.2) is 21.8 Å². The molecule has 0 spiro atoms. The van der Waals surface area contributed by atoms with Crippen molar-refractivity contribution in [2.45, 2.75) is 32.9 Å². The van der Waals surface area contributed by atoms with Crippen molar-refractivity contribution in [3.63, 3.8) is 0 Å². The maximum Gasteiger partial charge on any atom is 0.276 e. The maximum absolute atomic E-state index is 13.0. The minimum atomic E-state index is -0.318. The molecule has 0 fully saturated rings. The van der Waals surface area contributed by atoms with Crippen molar-refractivity contribution in [2.75, 3.05) is 5.75 Å². The zero-order valence-electron chi connectivity index (χ0n) is 15.0. The summed E-state index contributed by atoms with van der Waals surface area (Å²) in [6.45, 7) is 4.23. The first-order valence-corrected chi connectivity index (χ1v) is 11.5. The summed E-state index contributed by atoms with van der Waals surface area (Å²) in [7, 11) is 0. The van der Waals surface area contributed by atoms with Crippen LogP contribution in [0.3, 0.4) is 0 Å². The van der Waals surface area contributed by atoms with Gasteiger partial charge in [-0.05, 0) is 48.6 Å². The van der Waals surface area contributed by atoms with Crippen LogP contribution < -0.4 is 15.9 Å². The molecule has 140 valence electrons. The van der Waals surface area contributed by atoms with Crippen LogP contribution in [0.25, 0.3) is 5.70 Å². The Hall–Kier alpha value is -1.64. The normalized spacial score (nSPS) is 18.4. The van der Waals surface area contributed by atoms with Gasteiger partial charge in [-0.15, -0.1) is 16.4 Å². The fraction of sp³-hybridized carbons (Fsp3) is 0.316. The highest BCUT2D eigenvalue weighted by Gasteiger charge is 2.35. The van der Waals surface area contributed by atoms with E-state index in [-0.39, 0.29) is 12.1 Å². The summed E-state index contributed by atoms with van der Waals surface area (Å²) in [5.41, 5.74) is 1.72. The van der Waals surface area contributed by atoms with E-state index in [2.05, 4.69) is 46.5 Å². The summed E-state index contributed by atoms with van der Waals surface area (Å²) in [6, 6.07) is 7.91. The number of thiophene rings is 1. The molecule has 1 atom stereocenters. The van der Waals surface area contributed by atoms with Crippen LogP contribution in [0, 0.1) is 6.92 Å². The smallest absolute Gasteiger partial charge is 0.276 e. The maximum atomic E-state index is 13.0. The van der Waals surface area contributed by atoms with Crippen LogP contribution in [0.4, 0.5) is 0 Å². The number of amidine groups is 1. The van der Waals surface area contributed by atoms with Crippen molar-refractivity contribution in [2.24, 2.45) is 10.1 Å². The first kappa shape index (κ1) is 18.7. The molecule has 5 nitrogen and oxygen atoms in total. The Morgan fingerprint density at radius 2 is 2.22 bits per heavy atom. The molecule has 0 aliphatic carbocycles. The van der Waals surface area contributed by atoms with Crippen molar-refractivity contribution >= 4 is 55.8 Å². The molecule has 1 amide bonds. The number of hydrogen-bond donors (Lipinski definition) is 1. The topological polar surface area (TPSA) is 57.1 Å². The van der Waals surface area contributed by atoms with E-state index in [1.165, 1.54) is 0 Å². The van der Waals surface area contributed by atoms with Crippen LogP contribution in [0.5, 0.6) is 0 Å². The van der Waals surface area contributed by atoms with Crippen LogP contribution >= 0.6 is 39.0 Å². The third-order valence-corrected chi connectivity index (χ3v) is 6.94. The lowest BCUT2D eigenvalue weighted by atomic mass is 10.1. The lowest BCUT2D eigenvalue weighted by molar-refractivity contribution is -0.116. The number of thioether (sulfide) groups is 1. The number of amides is 1. The van der Waals surface area contributed by atoms with E-state index < -0.39 is 0 Å². The van der Waals surface area contributed by atoms with Crippen LogP contribution in [0.15, 0.2) is 44.2 Å². The molecule has 1 unspecified atom stereocenters. The van der Waals surface area contributed by atoms with Gasteiger partial charge in [0.05, 0.1) is 10.2 Å². The molecule has 8 heteroatoms. The predicted octanol–water partition coefficient (Wildman–Crippen LogP) is 3.50. The van der Waals surface area contributed by atoms with Crippen LogP contribution in [-0.2, 0) is 4.79 Å². The van der Waals surface area contributed by atoms with E-state index in [9.17, 15) is 4.79 Å². The molecule has 1 aromatic heterocycles. The Bertz CT molecular complexity index is 1050. The van der Waals surface area contributed by atoms with E-state index >= 15 is 0 Å². The molecule has 2 aliphatic heterocycles. The first-order valence-electron chi connectivity index (χ1n) is 8.82. The average molecular weight is 463 g/mol. The van der Waals surface area contributed by atoms with Crippen molar-refractivity contribution in [1.29, 1.82) is 0 Å². The number of aryl methyl sites for hydroxylation is 1. The largest absolute Gasteiger partial charge is 0.298 e. The molecule has 0 saturated heterocycles. The molecule has 3 heterocycles. The number of nitrogens with zero attached hydrogens (tertiary/aromatic N) is 3.